The van der Waals surface area contributed by atoms with Gasteiger partial charge in [-0.15, -0.1) is 0 Å². The molecule has 0 aliphatic heterocycles. The number of unbranched alkanes of at least 4 members (excludes halogenated alkanes) is 4. The van der Waals surface area contributed by atoms with Crippen molar-refractivity contribution in [2.75, 3.05) is 26.4 Å². The van der Waals surface area contributed by atoms with Crippen LogP contribution >= 0.6 is 17.2 Å². The van der Waals surface area contributed by atoms with Crippen LogP contribution < -0.4 is 9.79 Å². The zero-order valence-electron chi connectivity index (χ0n) is 16.1. The van der Waals surface area contributed by atoms with Crippen LogP contribution in [0, 0.1) is 0 Å². The monoisotopic (exact) mass is 444 g/mol. The van der Waals surface area contributed by atoms with Gasteiger partial charge in [0.25, 0.3) is 0 Å². The fourth-order valence-corrected chi connectivity index (χ4v) is 2.47. The van der Waals surface area contributed by atoms with Gasteiger partial charge >= 0.3 is 16.5 Å². The minimum absolute atomic E-state index is 0. The van der Waals surface area contributed by atoms with E-state index in [2.05, 4.69) is 27.7 Å². The molecular weight excluding hydrogens is 409 g/mol. The average Bonchev–Trinajstić information content (AvgIpc) is 2.56. The van der Waals surface area contributed by atoms with Crippen LogP contribution in [0.4, 0.5) is 0 Å². The molecule has 0 aliphatic rings. The van der Waals surface area contributed by atoms with E-state index in [1.807, 2.05) is 0 Å². The molecule has 25 heavy (non-hydrogen) atoms. The van der Waals surface area contributed by atoms with Gasteiger partial charge in [0.2, 0.25) is 0 Å². The Morgan fingerprint density at radius 2 is 0.720 bits per heavy atom. The molecule has 0 aromatic carbocycles. The number of hydrogen-bond acceptors (Lipinski definition) is 6. The van der Waals surface area contributed by atoms with E-state index in [-0.39, 0.29) is 16.5 Å². The Kier molecular flexibility index (Phi) is 33.7. The van der Waals surface area contributed by atoms with E-state index in [1.165, 1.54) is 0 Å². The quantitative estimate of drug-likeness (QED) is 0.199. The molecule has 0 saturated carbocycles. The molecule has 0 aromatic rings. The van der Waals surface area contributed by atoms with E-state index in [0.717, 1.165) is 51.4 Å². The largest absolute Gasteiger partial charge is 2.00 e. The summed E-state index contributed by atoms with van der Waals surface area (Å²) >= 11 is 0. The van der Waals surface area contributed by atoms with Crippen LogP contribution in [0.3, 0.4) is 0 Å². The van der Waals surface area contributed by atoms with Gasteiger partial charge < -0.3 is 27.9 Å². The first-order chi connectivity index (χ1) is 11.6. The molecule has 6 nitrogen and oxygen atoms in total. The van der Waals surface area contributed by atoms with Gasteiger partial charge in [-0.25, -0.2) is 0 Å². The normalized spacial score (nSPS) is 10.6. The molecule has 0 radical (unpaired) electrons. The maximum absolute atomic E-state index is 10.9. The van der Waals surface area contributed by atoms with Crippen molar-refractivity contribution in [2.24, 2.45) is 0 Å². The van der Waals surface area contributed by atoms with E-state index in [0.29, 0.717) is 26.4 Å². The Bertz CT molecular complexity index is 189. The van der Waals surface area contributed by atoms with Crippen LogP contribution in [0.15, 0.2) is 0 Å². The van der Waals surface area contributed by atoms with Gasteiger partial charge in [-0.1, -0.05) is 53.4 Å². The Labute approximate surface area is 167 Å². The minimum atomic E-state index is -1.85. The summed E-state index contributed by atoms with van der Waals surface area (Å²) < 4.78 is 19.7. The maximum Gasteiger partial charge on any atom is 2.00 e. The van der Waals surface area contributed by atoms with Crippen LogP contribution in [-0.4, -0.2) is 26.4 Å². The Morgan fingerprint density at radius 3 is 0.880 bits per heavy atom. The molecule has 0 aliphatic carbocycles. The number of hydrogen-bond donors (Lipinski definition) is 0. The van der Waals surface area contributed by atoms with Gasteiger partial charge in [0.1, 0.15) is 0 Å². The standard InChI is InChI=1S/2C8H18O3P.Ni/c2*1-3-5-7-10-12(9)11-8-6-4-2;/h2*3-8H2,1-2H3;/q2*-1;+2. The van der Waals surface area contributed by atoms with Crippen LogP contribution in [0.1, 0.15) is 79.1 Å². The summed E-state index contributed by atoms with van der Waals surface area (Å²) in [4.78, 5) is 21.8. The molecule has 0 bridgehead atoms. The van der Waals surface area contributed by atoms with E-state index in [1.54, 1.807) is 0 Å². The molecular formula is C16H36NiO6P2. The topological polar surface area (TPSA) is 83.0 Å². The van der Waals surface area contributed by atoms with Crippen molar-refractivity contribution in [3.63, 3.8) is 0 Å². The molecule has 0 aromatic heterocycles. The van der Waals surface area contributed by atoms with E-state index < -0.39 is 17.2 Å². The summed E-state index contributed by atoms with van der Waals surface area (Å²) in [5.74, 6) is 0. The van der Waals surface area contributed by atoms with Crippen molar-refractivity contribution in [1.82, 2.24) is 0 Å². The molecule has 156 valence electrons. The third kappa shape index (κ3) is 30.1. The molecule has 0 atom stereocenters. The first-order valence-electron chi connectivity index (χ1n) is 9.08. The zero-order valence-corrected chi connectivity index (χ0v) is 18.9. The molecule has 0 heterocycles. The summed E-state index contributed by atoms with van der Waals surface area (Å²) in [5.41, 5.74) is 0. The molecule has 0 spiro atoms. The minimum Gasteiger partial charge on any atom is -0.786 e. The molecule has 0 amide bonds. The van der Waals surface area contributed by atoms with E-state index >= 15 is 0 Å². The zero-order chi connectivity index (χ0) is 18.5. The maximum atomic E-state index is 10.9. The van der Waals surface area contributed by atoms with Gasteiger partial charge in [-0.2, -0.15) is 0 Å². The van der Waals surface area contributed by atoms with Gasteiger partial charge in [-0.3, -0.25) is 0 Å². The van der Waals surface area contributed by atoms with Crippen LogP contribution in [-0.2, 0) is 34.6 Å². The van der Waals surface area contributed by atoms with Gasteiger partial charge in [0.15, 0.2) is 0 Å². The number of rotatable bonds is 16. The summed E-state index contributed by atoms with van der Waals surface area (Å²) in [7, 11) is -3.71. The fourth-order valence-electron chi connectivity index (χ4n) is 1.21. The van der Waals surface area contributed by atoms with Crippen molar-refractivity contribution < 1.29 is 44.4 Å². The second kappa shape index (κ2) is 27.3. The second-order valence-corrected chi connectivity index (χ2v) is 7.12. The van der Waals surface area contributed by atoms with Crippen molar-refractivity contribution >= 4 is 17.2 Å². The van der Waals surface area contributed by atoms with Crippen LogP contribution in [0.5, 0.6) is 0 Å². The molecule has 0 unspecified atom stereocenters. The average molecular weight is 445 g/mol. The predicted molar refractivity (Wildman–Crippen MR) is 97.3 cm³/mol. The Morgan fingerprint density at radius 1 is 0.520 bits per heavy atom. The molecule has 0 fully saturated rings. The fraction of sp³-hybridized carbons (Fsp3) is 1.00. The van der Waals surface area contributed by atoms with Crippen molar-refractivity contribution in [3.05, 3.63) is 0 Å². The van der Waals surface area contributed by atoms with E-state index in [9.17, 15) is 9.79 Å². The third-order valence-corrected chi connectivity index (χ3v) is 4.35. The third-order valence-electron chi connectivity index (χ3n) is 2.78. The predicted octanol–water partition coefficient (Wildman–Crippen LogP) is 4.41. The summed E-state index contributed by atoms with van der Waals surface area (Å²) in [6.07, 6.45) is 7.99. The molecule has 0 saturated heterocycles. The molecule has 9 heteroatoms. The van der Waals surface area contributed by atoms with Crippen molar-refractivity contribution in [2.45, 2.75) is 79.1 Å². The summed E-state index contributed by atoms with van der Waals surface area (Å²) in [5, 5.41) is 0. The Balaban J connectivity index is -0.000000372. The van der Waals surface area contributed by atoms with Crippen molar-refractivity contribution in [1.29, 1.82) is 0 Å². The van der Waals surface area contributed by atoms with E-state index in [4.69, 9.17) is 18.1 Å². The first kappa shape index (κ1) is 30.8. The molecule has 0 rings (SSSR count). The van der Waals surface area contributed by atoms with Crippen LogP contribution in [0.2, 0.25) is 0 Å². The first-order valence-corrected chi connectivity index (χ1v) is 11.3. The van der Waals surface area contributed by atoms with Crippen molar-refractivity contribution in [3.8, 4) is 0 Å². The SMILES string of the molecule is CCCCOP([O-])OCCCC.CCCCOP([O-])OCCCC.[Ni+2]. The van der Waals surface area contributed by atoms with Gasteiger partial charge in [0, 0.05) is 0 Å². The van der Waals surface area contributed by atoms with Gasteiger partial charge in [0.05, 0.1) is 43.6 Å². The summed E-state index contributed by atoms with van der Waals surface area (Å²) in [6.45, 7) is 10.4. The van der Waals surface area contributed by atoms with Crippen LogP contribution in [0.25, 0.3) is 0 Å². The second-order valence-electron chi connectivity index (χ2n) is 5.19. The molecule has 0 N–H and O–H groups in total. The Hall–Kier alpha value is 1.11. The van der Waals surface area contributed by atoms with Gasteiger partial charge in [-0.05, 0) is 25.7 Å². The smallest absolute Gasteiger partial charge is 0.786 e. The summed E-state index contributed by atoms with van der Waals surface area (Å²) in [6, 6.07) is 0.